The number of carbonyl (C=O) groups is 2. The molecule has 0 saturated heterocycles. The lowest BCUT2D eigenvalue weighted by atomic mass is 9.88. The van der Waals surface area contributed by atoms with Crippen LogP contribution in [0.25, 0.3) is 0 Å². The molecule has 0 rings (SSSR count). The number of hydrogen-bond donors (Lipinski definition) is 3. The molecule has 6 heteroatoms. The highest BCUT2D eigenvalue weighted by Crippen LogP contribution is 2.19. The maximum absolute atomic E-state index is 11.4. The van der Waals surface area contributed by atoms with E-state index in [0.717, 1.165) is 0 Å². The van der Waals surface area contributed by atoms with Gasteiger partial charge < -0.3 is 20.5 Å². The Hall–Kier alpha value is -1.30. The van der Waals surface area contributed by atoms with Gasteiger partial charge in [0.05, 0.1) is 11.5 Å². The van der Waals surface area contributed by atoms with Crippen LogP contribution in [0.4, 0.5) is 4.79 Å². The maximum Gasteiger partial charge on any atom is 0.314 e. The predicted molar refractivity (Wildman–Crippen MR) is 63.9 cm³/mol. The smallest absolute Gasteiger partial charge is 0.314 e. The first kappa shape index (κ1) is 15.7. The van der Waals surface area contributed by atoms with Gasteiger partial charge in [0.2, 0.25) is 0 Å². The van der Waals surface area contributed by atoms with Gasteiger partial charge in [0.15, 0.2) is 0 Å². The zero-order valence-corrected chi connectivity index (χ0v) is 10.9. The van der Waals surface area contributed by atoms with Crippen LogP contribution in [0.5, 0.6) is 0 Å². The van der Waals surface area contributed by atoms with Crippen LogP contribution in [0.15, 0.2) is 0 Å². The highest BCUT2D eigenvalue weighted by atomic mass is 16.5. The third-order valence-electron chi connectivity index (χ3n) is 2.89. The van der Waals surface area contributed by atoms with E-state index in [0.29, 0.717) is 13.0 Å². The van der Waals surface area contributed by atoms with Gasteiger partial charge in [-0.25, -0.2) is 4.79 Å². The molecule has 0 aliphatic heterocycles. The highest BCUT2D eigenvalue weighted by Gasteiger charge is 2.31. The Bertz CT molecular complexity index is 270. The molecule has 0 aromatic heterocycles. The first-order valence-electron chi connectivity index (χ1n) is 5.63. The number of rotatable bonds is 7. The largest absolute Gasteiger partial charge is 0.481 e. The summed E-state index contributed by atoms with van der Waals surface area (Å²) in [5.41, 5.74) is -0.926. The Morgan fingerprint density at radius 1 is 1.41 bits per heavy atom. The number of nitrogens with one attached hydrogen (secondary N) is 2. The minimum absolute atomic E-state index is 0.0715. The summed E-state index contributed by atoms with van der Waals surface area (Å²) in [5, 5.41) is 14.2. The summed E-state index contributed by atoms with van der Waals surface area (Å²) < 4.78 is 4.97. The quantitative estimate of drug-likeness (QED) is 0.620. The van der Waals surface area contributed by atoms with Crippen molar-refractivity contribution in [1.29, 1.82) is 0 Å². The van der Waals surface area contributed by atoms with Crippen molar-refractivity contribution in [1.82, 2.24) is 10.6 Å². The molecule has 6 nitrogen and oxygen atoms in total. The van der Waals surface area contributed by atoms with Crippen LogP contribution in [0.1, 0.15) is 27.2 Å². The van der Waals surface area contributed by atoms with Gasteiger partial charge in [0.25, 0.3) is 0 Å². The zero-order valence-electron chi connectivity index (χ0n) is 10.9. The van der Waals surface area contributed by atoms with Crippen LogP contribution in [-0.2, 0) is 9.53 Å². The van der Waals surface area contributed by atoms with Crippen LogP contribution in [0.3, 0.4) is 0 Å². The number of carboxylic acid groups (broad SMARTS) is 1. The predicted octanol–water partition coefficient (Wildman–Crippen LogP) is 0.821. The number of methoxy groups -OCH3 is 1. The molecule has 3 N–H and O–H groups in total. The van der Waals surface area contributed by atoms with Gasteiger partial charge in [-0.1, -0.05) is 6.92 Å². The standard InChI is InChI=1S/C11H22N2O4/c1-5-11(3,9(14)15)7-13-10(16)12-6-8(2)17-4/h8H,5-7H2,1-4H3,(H,14,15)(H2,12,13,16). The zero-order chi connectivity index (χ0) is 13.5. The van der Waals surface area contributed by atoms with E-state index in [9.17, 15) is 9.59 Å². The van der Waals surface area contributed by atoms with E-state index in [2.05, 4.69) is 10.6 Å². The first-order chi connectivity index (χ1) is 7.85. The molecule has 0 aliphatic carbocycles. The highest BCUT2D eigenvalue weighted by molar-refractivity contribution is 5.77. The molecule has 2 unspecified atom stereocenters. The molecule has 0 heterocycles. The van der Waals surface area contributed by atoms with Gasteiger partial charge in [-0.15, -0.1) is 0 Å². The molecule has 0 aliphatic rings. The Labute approximate surface area is 102 Å². The van der Waals surface area contributed by atoms with Crippen molar-refractivity contribution in [3.63, 3.8) is 0 Å². The minimum atomic E-state index is -0.926. The van der Waals surface area contributed by atoms with Crippen molar-refractivity contribution in [3.05, 3.63) is 0 Å². The SMILES string of the molecule is CCC(C)(CNC(=O)NCC(C)OC)C(=O)O. The number of carboxylic acids is 1. The minimum Gasteiger partial charge on any atom is -0.481 e. The molecule has 0 aromatic rings. The molecule has 100 valence electrons. The van der Waals surface area contributed by atoms with Crippen molar-refractivity contribution >= 4 is 12.0 Å². The van der Waals surface area contributed by atoms with E-state index < -0.39 is 11.4 Å². The van der Waals surface area contributed by atoms with E-state index in [4.69, 9.17) is 9.84 Å². The summed E-state index contributed by atoms with van der Waals surface area (Å²) in [6, 6.07) is -0.380. The lowest BCUT2D eigenvalue weighted by Gasteiger charge is -2.23. The van der Waals surface area contributed by atoms with E-state index in [1.807, 2.05) is 6.92 Å². The van der Waals surface area contributed by atoms with Crippen molar-refractivity contribution < 1.29 is 19.4 Å². The average Bonchev–Trinajstić information content (AvgIpc) is 2.32. The molecule has 0 radical (unpaired) electrons. The van der Waals surface area contributed by atoms with E-state index in [1.54, 1.807) is 21.0 Å². The summed E-state index contributed by atoms with van der Waals surface area (Å²) in [7, 11) is 1.56. The summed E-state index contributed by atoms with van der Waals surface area (Å²) in [6.07, 6.45) is 0.384. The number of ether oxygens (including phenoxy) is 1. The molecule has 0 spiro atoms. The normalized spacial score (nSPS) is 15.8. The van der Waals surface area contributed by atoms with Gasteiger partial charge >= 0.3 is 12.0 Å². The fraction of sp³-hybridized carbons (Fsp3) is 0.818. The molecule has 0 saturated carbocycles. The second kappa shape index (κ2) is 7.11. The van der Waals surface area contributed by atoms with Crippen LogP contribution in [0.2, 0.25) is 0 Å². The Balaban J connectivity index is 4.02. The van der Waals surface area contributed by atoms with E-state index in [-0.39, 0.29) is 18.7 Å². The van der Waals surface area contributed by atoms with Gasteiger partial charge in [0, 0.05) is 20.2 Å². The van der Waals surface area contributed by atoms with Gasteiger partial charge in [-0.05, 0) is 20.3 Å². The van der Waals surface area contributed by atoms with Crippen molar-refractivity contribution in [2.75, 3.05) is 20.2 Å². The number of urea groups is 1. The van der Waals surface area contributed by atoms with E-state index in [1.165, 1.54) is 0 Å². The van der Waals surface area contributed by atoms with Crippen molar-refractivity contribution in [2.45, 2.75) is 33.3 Å². The van der Waals surface area contributed by atoms with Crippen molar-refractivity contribution in [3.8, 4) is 0 Å². The second-order valence-corrected chi connectivity index (χ2v) is 4.33. The van der Waals surface area contributed by atoms with Crippen LogP contribution >= 0.6 is 0 Å². The van der Waals surface area contributed by atoms with Gasteiger partial charge in [-0.3, -0.25) is 4.79 Å². The average molecular weight is 246 g/mol. The Morgan fingerprint density at radius 3 is 2.41 bits per heavy atom. The summed E-state index contributed by atoms with van der Waals surface area (Å²) in [5.74, 6) is -0.912. The molecule has 0 aromatic carbocycles. The van der Waals surface area contributed by atoms with Crippen LogP contribution in [-0.4, -0.2) is 43.4 Å². The second-order valence-electron chi connectivity index (χ2n) is 4.33. The summed E-state index contributed by atoms with van der Waals surface area (Å²) in [6.45, 7) is 5.70. The lowest BCUT2D eigenvalue weighted by Crippen LogP contribution is -2.46. The van der Waals surface area contributed by atoms with E-state index >= 15 is 0 Å². The van der Waals surface area contributed by atoms with Crippen LogP contribution in [0, 0.1) is 5.41 Å². The topological polar surface area (TPSA) is 87.7 Å². The molecule has 17 heavy (non-hydrogen) atoms. The third kappa shape index (κ3) is 5.53. The van der Waals surface area contributed by atoms with Gasteiger partial charge in [0.1, 0.15) is 0 Å². The summed E-state index contributed by atoms with van der Waals surface area (Å²) >= 11 is 0. The van der Waals surface area contributed by atoms with Crippen molar-refractivity contribution in [2.24, 2.45) is 5.41 Å². The maximum atomic E-state index is 11.4. The Morgan fingerprint density at radius 2 is 2.00 bits per heavy atom. The Kier molecular flexibility index (Phi) is 6.57. The number of hydrogen-bond acceptors (Lipinski definition) is 3. The lowest BCUT2D eigenvalue weighted by molar-refractivity contribution is -0.147. The fourth-order valence-electron chi connectivity index (χ4n) is 1.01. The summed E-state index contributed by atoms with van der Waals surface area (Å²) in [4.78, 5) is 22.4. The molecular weight excluding hydrogens is 224 g/mol. The molecule has 0 bridgehead atoms. The molecule has 2 atom stereocenters. The number of amides is 2. The van der Waals surface area contributed by atoms with Gasteiger partial charge in [-0.2, -0.15) is 0 Å². The first-order valence-corrected chi connectivity index (χ1v) is 5.63. The third-order valence-corrected chi connectivity index (χ3v) is 2.89. The molecule has 0 fully saturated rings. The number of aliphatic carboxylic acids is 1. The monoisotopic (exact) mass is 246 g/mol. The fourth-order valence-corrected chi connectivity index (χ4v) is 1.01. The number of carbonyl (C=O) groups excluding carboxylic acids is 1. The van der Waals surface area contributed by atoms with Crippen LogP contribution < -0.4 is 10.6 Å². The molecular formula is C11H22N2O4. The molecule has 2 amide bonds.